The highest BCUT2D eigenvalue weighted by atomic mass is 16.7. The SMILES string of the molecule is CNC(=O)CC(NC(=O)CNC(=O)c1ccc2c(c1)OCO2)c1ccccc1. The molecule has 1 aliphatic heterocycles. The number of carbonyl (C=O) groups excluding carboxylic acids is 3. The molecule has 28 heavy (non-hydrogen) atoms. The van der Waals surface area contributed by atoms with Crippen molar-refractivity contribution in [2.45, 2.75) is 12.5 Å². The van der Waals surface area contributed by atoms with Crippen LogP contribution < -0.4 is 25.4 Å². The molecule has 2 aromatic rings. The minimum absolute atomic E-state index is 0.0996. The second-order valence-electron chi connectivity index (χ2n) is 6.16. The van der Waals surface area contributed by atoms with Gasteiger partial charge in [0.15, 0.2) is 11.5 Å². The minimum Gasteiger partial charge on any atom is -0.454 e. The van der Waals surface area contributed by atoms with Crippen LogP contribution in [-0.2, 0) is 9.59 Å². The van der Waals surface area contributed by atoms with Gasteiger partial charge in [0.2, 0.25) is 18.6 Å². The first-order valence-corrected chi connectivity index (χ1v) is 8.79. The molecule has 0 aliphatic carbocycles. The van der Waals surface area contributed by atoms with Gasteiger partial charge in [-0.1, -0.05) is 30.3 Å². The van der Waals surface area contributed by atoms with Crippen LogP contribution in [0.1, 0.15) is 28.4 Å². The van der Waals surface area contributed by atoms with Crippen molar-refractivity contribution in [2.75, 3.05) is 20.4 Å². The fraction of sp³-hybridized carbons (Fsp3) is 0.250. The van der Waals surface area contributed by atoms with Crippen molar-refractivity contribution in [1.82, 2.24) is 16.0 Å². The van der Waals surface area contributed by atoms with Crippen molar-refractivity contribution >= 4 is 17.7 Å². The molecule has 0 saturated heterocycles. The molecule has 8 nitrogen and oxygen atoms in total. The number of ether oxygens (including phenoxy) is 2. The number of fused-ring (bicyclic) bond motifs is 1. The molecule has 1 heterocycles. The molecule has 0 spiro atoms. The second-order valence-corrected chi connectivity index (χ2v) is 6.16. The summed E-state index contributed by atoms with van der Waals surface area (Å²) in [6.45, 7) is -0.0978. The van der Waals surface area contributed by atoms with E-state index in [1.807, 2.05) is 30.3 Å². The van der Waals surface area contributed by atoms with Crippen LogP contribution in [0.3, 0.4) is 0 Å². The molecule has 8 heteroatoms. The van der Waals surface area contributed by atoms with Crippen LogP contribution in [0.25, 0.3) is 0 Å². The van der Waals surface area contributed by atoms with Gasteiger partial charge in [0.25, 0.3) is 5.91 Å². The van der Waals surface area contributed by atoms with Crippen molar-refractivity contribution in [3.8, 4) is 11.5 Å². The largest absolute Gasteiger partial charge is 0.454 e. The molecular weight excluding hydrogens is 362 g/mol. The number of rotatable bonds is 7. The van der Waals surface area contributed by atoms with Gasteiger partial charge in [0.05, 0.1) is 19.0 Å². The molecule has 3 rings (SSSR count). The molecule has 1 atom stereocenters. The zero-order valence-electron chi connectivity index (χ0n) is 15.4. The summed E-state index contributed by atoms with van der Waals surface area (Å²) in [7, 11) is 1.54. The van der Waals surface area contributed by atoms with Crippen molar-refractivity contribution in [1.29, 1.82) is 0 Å². The van der Waals surface area contributed by atoms with Gasteiger partial charge in [-0.25, -0.2) is 0 Å². The monoisotopic (exact) mass is 383 g/mol. The summed E-state index contributed by atoms with van der Waals surface area (Å²) < 4.78 is 10.5. The third-order valence-corrected chi connectivity index (χ3v) is 4.25. The zero-order chi connectivity index (χ0) is 19.9. The van der Waals surface area contributed by atoms with Crippen LogP contribution in [0.2, 0.25) is 0 Å². The van der Waals surface area contributed by atoms with Crippen LogP contribution in [0, 0.1) is 0 Å². The third kappa shape index (κ3) is 4.79. The highest BCUT2D eigenvalue weighted by Crippen LogP contribution is 2.32. The summed E-state index contributed by atoms with van der Waals surface area (Å²) in [6.07, 6.45) is 0.0996. The lowest BCUT2D eigenvalue weighted by Crippen LogP contribution is -2.40. The number of amides is 3. The summed E-state index contributed by atoms with van der Waals surface area (Å²) in [5, 5.41) is 7.90. The lowest BCUT2D eigenvalue weighted by molar-refractivity contribution is -0.123. The van der Waals surface area contributed by atoms with Crippen LogP contribution in [0.5, 0.6) is 11.5 Å². The van der Waals surface area contributed by atoms with Gasteiger partial charge in [-0.15, -0.1) is 0 Å². The summed E-state index contributed by atoms with van der Waals surface area (Å²) in [5.74, 6) is 0.0717. The fourth-order valence-corrected chi connectivity index (χ4v) is 2.77. The lowest BCUT2D eigenvalue weighted by Gasteiger charge is -2.19. The fourth-order valence-electron chi connectivity index (χ4n) is 2.77. The van der Waals surface area contributed by atoms with Crippen LogP contribution in [-0.4, -0.2) is 38.1 Å². The molecule has 3 N–H and O–H groups in total. The van der Waals surface area contributed by atoms with E-state index in [4.69, 9.17) is 9.47 Å². The molecular formula is C20H21N3O5. The number of nitrogens with one attached hydrogen (secondary N) is 3. The number of benzene rings is 2. The summed E-state index contributed by atoms with van der Waals surface area (Å²) >= 11 is 0. The highest BCUT2D eigenvalue weighted by Gasteiger charge is 2.19. The Labute approximate surface area is 162 Å². The summed E-state index contributed by atoms with van der Waals surface area (Å²) in [6, 6.07) is 13.5. The molecule has 0 radical (unpaired) electrons. The Morgan fingerprint density at radius 3 is 2.50 bits per heavy atom. The normalized spacial score (nSPS) is 12.8. The van der Waals surface area contributed by atoms with Gasteiger partial charge in [0, 0.05) is 12.6 Å². The van der Waals surface area contributed by atoms with E-state index >= 15 is 0 Å². The Morgan fingerprint density at radius 2 is 1.75 bits per heavy atom. The first kappa shape index (κ1) is 19.2. The molecule has 146 valence electrons. The molecule has 1 aliphatic rings. The lowest BCUT2D eigenvalue weighted by atomic mass is 10.0. The average Bonchev–Trinajstić information content (AvgIpc) is 3.20. The highest BCUT2D eigenvalue weighted by molar-refractivity contribution is 5.97. The third-order valence-electron chi connectivity index (χ3n) is 4.25. The van der Waals surface area contributed by atoms with E-state index in [0.29, 0.717) is 17.1 Å². The van der Waals surface area contributed by atoms with Crippen LogP contribution in [0.4, 0.5) is 0 Å². The van der Waals surface area contributed by atoms with Gasteiger partial charge < -0.3 is 25.4 Å². The van der Waals surface area contributed by atoms with E-state index in [0.717, 1.165) is 5.56 Å². The van der Waals surface area contributed by atoms with Gasteiger partial charge in [-0.3, -0.25) is 14.4 Å². The van der Waals surface area contributed by atoms with Gasteiger partial charge in [-0.2, -0.15) is 0 Å². The molecule has 2 aromatic carbocycles. The van der Waals surface area contributed by atoms with E-state index in [1.165, 1.54) is 7.05 Å². The van der Waals surface area contributed by atoms with Gasteiger partial charge in [-0.05, 0) is 23.8 Å². The van der Waals surface area contributed by atoms with Gasteiger partial charge in [0.1, 0.15) is 0 Å². The van der Waals surface area contributed by atoms with E-state index in [-0.39, 0.29) is 25.7 Å². The van der Waals surface area contributed by atoms with Crippen molar-refractivity contribution in [2.24, 2.45) is 0 Å². The maximum absolute atomic E-state index is 12.3. The molecule has 0 saturated carbocycles. The second kappa shape index (κ2) is 8.90. The van der Waals surface area contributed by atoms with Gasteiger partial charge >= 0.3 is 0 Å². The van der Waals surface area contributed by atoms with Crippen molar-refractivity contribution < 1.29 is 23.9 Å². The summed E-state index contributed by atoms with van der Waals surface area (Å²) in [5.41, 5.74) is 1.17. The Hall–Kier alpha value is -3.55. The number of carbonyl (C=O) groups is 3. The quantitative estimate of drug-likeness (QED) is 0.665. The maximum atomic E-state index is 12.3. The van der Waals surface area contributed by atoms with Crippen molar-refractivity contribution in [3.05, 3.63) is 59.7 Å². The topological polar surface area (TPSA) is 106 Å². The average molecular weight is 383 g/mol. The van der Waals surface area contributed by atoms with E-state index in [9.17, 15) is 14.4 Å². The first-order chi connectivity index (χ1) is 13.6. The maximum Gasteiger partial charge on any atom is 0.251 e. The molecule has 0 aromatic heterocycles. The Morgan fingerprint density at radius 1 is 1.00 bits per heavy atom. The summed E-state index contributed by atoms with van der Waals surface area (Å²) in [4.78, 5) is 36.4. The molecule has 0 bridgehead atoms. The predicted molar refractivity (Wildman–Crippen MR) is 101 cm³/mol. The van der Waals surface area contributed by atoms with Crippen LogP contribution >= 0.6 is 0 Å². The predicted octanol–water partition coefficient (Wildman–Crippen LogP) is 1.14. The standard InChI is InChI=1S/C20H21N3O5/c1-21-18(24)10-15(13-5-3-2-4-6-13)23-19(25)11-22-20(26)14-7-8-16-17(9-14)28-12-27-16/h2-9,15H,10-12H2,1H3,(H,21,24)(H,22,26)(H,23,25). The number of hydrogen-bond donors (Lipinski definition) is 3. The Kier molecular flexibility index (Phi) is 6.11. The number of hydrogen-bond acceptors (Lipinski definition) is 5. The molecule has 0 fully saturated rings. The molecule has 3 amide bonds. The Bertz CT molecular complexity index is 869. The Balaban J connectivity index is 1.58. The zero-order valence-corrected chi connectivity index (χ0v) is 15.4. The molecule has 1 unspecified atom stereocenters. The van der Waals surface area contributed by atoms with E-state index < -0.39 is 17.9 Å². The van der Waals surface area contributed by atoms with Crippen LogP contribution in [0.15, 0.2) is 48.5 Å². The van der Waals surface area contributed by atoms with Crippen molar-refractivity contribution in [3.63, 3.8) is 0 Å². The first-order valence-electron chi connectivity index (χ1n) is 8.79. The minimum atomic E-state index is -0.490. The van der Waals surface area contributed by atoms with E-state index in [1.54, 1.807) is 18.2 Å². The smallest absolute Gasteiger partial charge is 0.251 e. The van der Waals surface area contributed by atoms with E-state index in [2.05, 4.69) is 16.0 Å².